The summed E-state index contributed by atoms with van der Waals surface area (Å²) in [4.78, 5) is 23.4. The SMILES string of the molecule is CCCCCn1cc(C(=O)O)c(=O)c2cc(Br)ccc21. The standard InChI is InChI=1S/C15H16BrNO3/c1-2-3-4-7-17-9-12(15(19)20)14(18)11-8-10(16)5-6-13(11)17/h5-6,8-9H,2-4,7H2,1H3,(H,19,20). The third-order valence-corrected chi connectivity index (χ3v) is 3.77. The second kappa shape index (κ2) is 6.22. The molecule has 0 bridgehead atoms. The number of rotatable bonds is 5. The molecule has 0 aliphatic carbocycles. The van der Waals surface area contributed by atoms with E-state index in [4.69, 9.17) is 5.11 Å². The molecule has 0 radical (unpaired) electrons. The number of benzene rings is 1. The van der Waals surface area contributed by atoms with E-state index in [0.29, 0.717) is 11.9 Å². The van der Waals surface area contributed by atoms with Crippen LogP contribution in [0.25, 0.3) is 10.9 Å². The Morgan fingerprint density at radius 2 is 2.10 bits per heavy atom. The van der Waals surface area contributed by atoms with E-state index in [1.54, 1.807) is 6.07 Å². The highest BCUT2D eigenvalue weighted by molar-refractivity contribution is 9.10. The van der Waals surface area contributed by atoms with Crippen molar-refractivity contribution in [2.24, 2.45) is 0 Å². The first-order chi connectivity index (χ1) is 9.54. The molecule has 0 fully saturated rings. The van der Waals surface area contributed by atoms with Crippen LogP contribution in [0.1, 0.15) is 36.5 Å². The van der Waals surface area contributed by atoms with Gasteiger partial charge in [0, 0.05) is 22.6 Å². The largest absolute Gasteiger partial charge is 0.477 e. The first-order valence-electron chi connectivity index (χ1n) is 6.60. The summed E-state index contributed by atoms with van der Waals surface area (Å²) in [6.45, 7) is 2.83. The van der Waals surface area contributed by atoms with Crippen LogP contribution >= 0.6 is 15.9 Å². The number of halogens is 1. The van der Waals surface area contributed by atoms with E-state index >= 15 is 0 Å². The molecule has 4 nitrogen and oxygen atoms in total. The third kappa shape index (κ3) is 2.93. The molecule has 1 heterocycles. The van der Waals surface area contributed by atoms with Crippen LogP contribution in [0.2, 0.25) is 0 Å². The lowest BCUT2D eigenvalue weighted by Gasteiger charge is -2.12. The van der Waals surface area contributed by atoms with E-state index in [2.05, 4.69) is 22.9 Å². The number of carboxylic acids is 1. The Kier molecular flexibility index (Phi) is 4.60. The summed E-state index contributed by atoms with van der Waals surface area (Å²) < 4.78 is 2.63. The number of fused-ring (bicyclic) bond motifs is 1. The Hall–Kier alpha value is -1.62. The molecule has 2 rings (SSSR count). The first-order valence-corrected chi connectivity index (χ1v) is 7.40. The van der Waals surface area contributed by atoms with Crippen LogP contribution in [0.3, 0.4) is 0 Å². The lowest BCUT2D eigenvalue weighted by molar-refractivity contribution is 0.0695. The smallest absolute Gasteiger partial charge is 0.341 e. The number of hydrogen-bond donors (Lipinski definition) is 1. The fraction of sp³-hybridized carbons (Fsp3) is 0.333. The maximum absolute atomic E-state index is 12.2. The molecule has 5 heteroatoms. The van der Waals surface area contributed by atoms with Gasteiger partial charge in [-0.05, 0) is 24.6 Å². The van der Waals surface area contributed by atoms with Gasteiger partial charge in [-0.3, -0.25) is 4.79 Å². The average Bonchev–Trinajstić information content (AvgIpc) is 2.41. The van der Waals surface area contributed by atoms with E-state index < -0.39 is 11.4 Å². The van der Waals surface area contributed by atoms with Gasteiger partial charge in [-0.1, -0.05) is 35.7 Å². The van der Waals surface area contributed by atoms with Gasteiger partial charge in [0.15, 0.2) is 0 Å². The Morgan fingerprint density at radius 3 is 2.75 bits per heavy atom. The molecule has 0 unspecified atom stereocenters. The zero-order valence-electron chi connectivity index (χ0n) is 11.2. The molecule has 1 aromatic carbocycles. The van der Waals surface area contributed by atoms with Crippen molar-refractivity contribution in [2.45, 2.75) is 32.7 Å². The Balaban J connectivity index is 2.63. The van der Waals surface area contributed by atoms with Crippen LogP contribution in [0, 0.1) is 0 Å². The number of pyridine rings is 1. The van der Waals surface area contributed by atoms with Gasteiger partial charge in [0.2, 0.25) is 5.43 Å². The average molecular weight is 338 g/mol. The molecule has 2 aromatic rings. The van der Waals surface area contributed by atoms with Crippen LogP contribution in [0.4, 0.5) is 0 Å². The fourth-order valence-corrected chi connectivity index (χ4v) is 2.60. The molecule has 0 saturated heterocycles. The van der Waals surface area contributed by atoms with Gasteiger partial charge in [-0.2, -0.15) is 0 Å². The summed E-state index contributed by atoms with van der Waals surface area (Å²) >= 11 is 3.32. The summed E-state index contributed by atoms with van der Waals surface area (Å²) in [5.74, 6) is -1.18. The van der Waals surface area contributed by atoms with E-state index in [1.807, 2.05) is 16.7 Å². The lowest BCUT2D eigenvalue weighted by atomic mass is 10.1. The van der Waals surface area contributed by atoms with Crippen molar-refractivity contribution in [1.29, 1.82) is 0 Å². The van der Waals surface area contributed by atoms with Crippen LogP contribution < -0.4 is 5.43 Å². The van der Waals surface area contributed by atoms with Gasteiger partial charge in [-0.15, -0.1) is 0 Å². The van der Waals surface area contributed by atoms with Crippen LogP contribution in [-0.2, 0) is 6.54 Å². The van der Waals surface area contributed by atoms with Gasteiger partial charge in [-0.25, -0.2) is 4.79 Å². The Bertz CT molecular complexity index is 706. The van der Waals surface area contributed by atoms with Crippen molar-refractivity contribution in [1.82, 2.24) is 4.57 Å². The van der Waals surface area contributed by atoms with Crippen LogP contribution in [-0.4, -0.2) is 15.6 Å². The molecule has 0 spiro atoms. The van der Waals surface area contributed by atoms with E-state index in [1.165, 1.54) is 6.20 Å². The van der Waals surface area contributed by atoms with Crippen molar-refractivity contribution >= 4 is 32.8 Å². The molecule has 0 aliphatic heterocycles. The number of aryl methyl sites for hydroxylation is 1. The minimum absolute atomic E-state index is 0.174. The molecule has 0 atom stereocenters. The number of carboxylic acid groups (broad SMARTS) is 1. The zero-order valence-corrected chi connectivity index (χ0v) is 12.8. The maximum Gasteiger partial charge on any atom is 0.341 e. The monoisotopic (exact) mass is 337 g/mol. The number of aromatic carboxylic acids is 1. The van der Waals surface area contributed by atoms with Crippen molar-refractivity contribution in [3.63, 3.8) is 0 Å². The zero-order chi connectivity index (χ0) is 14.7. The number of unbranched alkanes of at least 4 members (excludes halogenated alkanes) is 2. The highest BCUT2D eigenvalue weighted by atomic mass is 79.9. The van der Waals surface area contributed by atoms with Gasteiger partial charge in [0.25, 0.3) is 0 Å². The quantitative estimate of drug-likeness (QED) is 0.847. The van der Waals surface area contributed by atoms with E-state index in [9.17, 15) is 9.59 Å². The first kappa shape index (κ1) is 14.8. The second-order valence-electron chi connectivity index (χ2n) is 4.74. The van der Waals surface area contributed by atoms with Gasteiger partial charge in [0.05, 0.1) is 5.52 Å². The summed E-state index contributed by atoms with van der Waals surface area (Å²) in [6.07, 6.45) is 4.59. The van der Waals surface area contributed by atoms with Gasteiger partial charge >= 0.3 is 5.97 Å². The minimum Gasteiger partial charge on any atom is -0.477 e. The molecule has 1 aromatic heterocycles. The number of carbonyl (C=O) groups is 1. The van der Waals surface area contributed by atoms with Crippen LogP contribution in [0.15, 0.2) is 33.7 Å². The number of aromatic nitrogens is 1. The minimum atomic E-state index is -1.18. The summed E-state index contributed by atoms with van der Waals surface area (Å²) in [6, 6.07) is 5.39. The predicted molar refractivity (Wildman–Crippen MR) is 82.4 cm³/mol. The molecule has 106 valence electrons. The highest BCUT2D eigenvalue weighted by Gasteiger charge is 2.14. The van der Waals surface area contributed by atoms with Crippen molar-refractivity contribution < 1.29 is 9.90 Å². The maximum atomic E-state index is 12.2. The molecule has 0 amide bonds. The highest BCUT2D eigenvalue weighted by Crippen LogP contribution is 2.19. The molecule has 0 aliphatic rings. The van der Waals surface area contributed by atoms with Gasteiger partial charge < -0.3 is 9.67 Å². The number of hydrogen-bond acceptors (Lipinski definition) is 2. The van der Waals surface area contributed by atoms with Crippen molar-refractivity contribution in [3.8, 4) is 0 Å². The summed E-state index contributed by atoms with van der Waals surface area (Å²) in [5.41, 5.74) is 0.173. The van der Waals surface area contributed by atoms with E-state index in [-0.39, 0.29) is 5.56 Å². The number of nitrogens with zero attached hydrogens (tertiary/aromatic N) is 1. The topological polar surface area (TPSA) is 59.3 Å². The van der Waals surface area contributed by atoms with Crippen molar-refractivity contribution in [2.75, 3.05) is 0 Å². The summed E-state index contributed by atoms with van der Waals surface area (Å²) in [5, 5.41) is 9.61. The summed E-state index contributed by atoms with van der Waals surface area (Å²) in [7, 11) is 0. The second-order valence-corrected chi connectivity index (χ2v) is 5.65. The van der Waals surface area contributed by atoms with Crippen molar-refractivity contribution in [3.05, 3.63) is 44.7 Å². The predicted octanol–water partition coefficient (Wildman–Crippen LogP) is 3.65. The Labute approximate surface area is 125 Å². The molecular formula is C15H16BrNO3. The molecule has 0 saturated carbocycles. The Morgan fingerprint density at radius 1 is 1.35 bits per heavy atom. The van der Waals surface area contributed by atoms with Crippen LogP contribution in [0.5, 0.6) is 0 Å². The molecule has 20 heavy (non-hydrogen) atoms. The fourth-order valence-electron chi connectivity index (χ4n) is 2.24. The lowest BCUT2D eigenvalue weighted by Crippen LogP contribution is -2.19. The third-order valence-electron chi connectivity index (χ3n) is 3.28. The normalized spacial score (nSPS) is 10.9. The molecule has 1 N–H and O–H groups in total. The van der Waals surface area contributed by atoms with E-state index in [0.717, 1.165) is 29.3 Å². The molecular weight excluding hydrogens is 322 g/mol. The van der Waals surface area contributed by atoms with Gasteiger partial charge in [0.1, 0.15) is 5.56 Å².